The molecular formula is C15H11ClN6O2. The van der Waals surface area contributed by atoms with Gasteiger partial charge in [-0.15, -0.1) is 0 Å². The second-order valence-electron chi connectivity index (χ2n) is 5.19. The van der Waals surface area contributed by atoms with Gasteiger partial charge >= 0.3 is 5.69 Å². The third-order valence-electron chi connectivity index (χ3n) is 3.69. The maximum atomic E-state index is 12.3. The van der Waals surface area contributed by atoms with Gasteiger partial charge in [-0.25, -0.2) is 9.78 Å². The van der Waals surface area contributed by atoms with Gasteiger partial charge in [0.25, 0.3) is 5.56 Å². The molecule has 4 rings (SSSR count). The van der Waals surface area contributed by atoms with Crippen LogP contribution in [0, 0.1) is 0 Å². The fourth-order valence-electron chi connectivity index (χ4n) is 2.62. The van der Waals surface area contributed by atoms with E-state index in [1.165, 1.54) is 0 Å². The highest BCUT2D eigenvalue weighted by Crippen LogP contribution is 2.26. The predicted molar refractivity (Wildman–Crippen MR) is 89.5 cm³/mol. The summed E-state index contributed by atoms with van der Waals surface area (Å²) in [5.74, 6) is 0.486. The van der Waals surface area contributed by atoms with Gasteiger partial charge in [-0.2, -0.15) is 5.10 Å². The third-order valence-corrected chi connectivity index (χ3v) is 3.94. The van der Waals surface area contributed by atoms with Crippen molar-refractivity contribution in [2.24, 2.45) is 7.05 Å². The molecule has 0 aliphatic rings. The van der Waals surface area contributed by atoms with E-state index in [4.69, 9.17) is 11.6 Å². The second kappa shape index (κ2) is 5.20. The Labute approximate surface area is 139 Å². The summed E-state index contributed by atoms with van der Waals surface area (Å²) in [5.41, 5.74) is 0.703. The monoisotopic (exact) mass is 342 g/mol. The quantitative estimate of drug-likeness (QED) is 0.575. The van der Waals surface area contributed by atoms with E-state index < -0.39 is 11.2 Å². The van der Waals surface area contributed by atoms with Crippen LogP contribution < -0.4 is 11.2 Å². The number of aromatic nitrogens is 6. The average molecular weight is 343 g/mol. The van der Waals surface area contributed by atoms with Crippen molar-refractivity contribution < 1.29 is 0 Å². The fourth-order valence-corrected chi connectivity index (χ4v) is 2.75. The molecule has 0 bridgehead atoms. The summed E-state index contributed by atoms with van der Waals surface area (Å²) >= 11 is 5.95. The standard InChI is InChI=1S/C15H11ClN6O2/c1-21-10(6-7-17-21)13-18-12-11(14(23)20-15(24)19-12)22(13)9-4-2-8(16)3-5-9/h2-7H,1H3,(H2,19,20,23,24). The first-order valence-electron chi connectivity index (χ1n) is 7.04. The highest BCUT2D eigenvalue weighted by molar-refractivity contribution is 6.30. The van der Waals surface area contributed by atoms with Crippen LogP contribution in [0.3, 0.4) is 0 Å². The lowest BCUT2D eigenvalue weighted by Crippen LogP contribution is -2.23. The van der Waals surface area contributed by atoms with Crippen LogP contribution in [0.15, 0.2) is 46.1 Å². The van der Waals surface area contributed by atoms with Crippen molar-refractivity contribution in [2.45, 2.75) is 0 Å². The Morgan fingerprint density at radius 3 is 2.50 bits per heavy atom. The van der Waals surface area contributed by atoms with E-state index in [0.717, 1.165) is 0 Å². The lowest BCUT2D eigenvalue weighted by atomic mass is 10.3. The molecule has 9 heteroatoms. The minimum absolute atomic E-state index is 0.204. The van der Waals surface area contributed by atoms with Crippen LogP contribution in [0.2, 0.25) is 5.02 Å². The van der Waals surface area contributed by atoms with Crippen molar-refractivity contribution in [2.75, 3.05) is 0 Å². The molecule has 0 amide bonds. The summed E-state index contributed by atoms with van der Waals surface area (Å²) in [6.45, 7) is 0. The van der Waals surface area contributed by atoms with Gasteiger partial charge in [-0.05, 0) is 30.3 Å². The molecule has 2 N–H and O–H groups in total. The molecule has 4 aromatic rings. The second-order valence-corrected chi connectivity index (χ2v) is 5.63. The Kier molecular flexibility index (Phi) is 3.14. The van der Waals surface area contributed by atoms with E-state index in [2.05, 4.69) is 20.1 Å². The van der Waals surface area contributed by atoms with Crippen molar-refractivity contribution >= 4 is 22.8 Å². The summed E-state index contributed by atoms with van der Waals surface area (Å²) in [4.78, 5) is 33.1. The molecule has 3 heterocycles. The first-order valence-corrected chi connectivity index (χ1v) is 7.42. The van der Waals surface area contributed by atoms with E-state index in [1.807, 2.05) is 0 Å². The Morgan fingerprint density at radius 2 is 1.83 bits per heavy atom. The number of benzene rings is 1. The molecule has 120 valence electrons. The number of rotatable bonds is 2. The lowest BCUT2D eigenvalue weighted by Gasteiger charge is -2.09. The van der Waals surface area contributed by atoms with Gasteiger partial charge in [0.15, 0.2) is 17.0 Å². The molecule has 0 saturated carbocycles. The maximum absolute atomic E-state index is 12.3. The molecule has 0 radical (unpaired) electrons. The smallest absolute Gasteiger partial charge is 0.290 e. The average Bonchev–Trinajstić information content (AvgIpc) is 3.11. The zero-order chi connectivity index (χ0) is 16.8. The Hall–Kier alpha value is -3.13. The van der Waals surface area contributed by atoms with E-state index in [0.29, 0.717) is 22.2 Å². The zero-order valence-corrected chi connectivity index (χ0v) is 13.2. The molecule has 0 aliphatic heterocycles. The van der Waals surface area contributed by atoms with Crippen molar-refractivity contribution in [3.05, 3.63) is 62.4 Å². The number of imidazole rings is 1. The highest BCUT2D eigenvalue weighted by atomic mass is 35.5. The Bertz CT molecular complexity index is 1170. The van der Waals surface area contributed by atoms with Crippen molar-refractivity contribution in [1.82, 2.24) is 29.3 Å². The largest absolute Gasteiger partial charge is 0.327 e. The summed E-state index contributed by atoms with van der Waals surface area (Å²) in [5, 5.41) is 4.71. The van der Waals surface area contributed by atoms with Gasteiger partial charge in [0.1, 0.15) is 5.69 Å². The number of H-pyrrole nitrogens is 2. The summed E-state index contributed by atoms with van der Waals surface area (Å²) in [6.07, 6.45) is 1.63. The van der Waals surface area contributed by atoms with Gasteiger partial charge < -0.3 is 0 Å². The number of fused-ring (bicyclic) bond motifs is 1. The van der Waals surface area contributed by atoms with Crippen molar-refractivity contribution in [3.8, 4) is 17.2 Å². The van der Waals surface area contributed by atoms with Gasteiger partial charge in [0.05, 0.1) is 0 Å². The van der Waals surface area contributed by atoms with E-state index in [-0.39, 0.29) is 11.2 Å². The molecule has 8 nitrogen and oxygen atoms in total. The minimum atomic E-state index is -0.607. The van der Waals surface area contributed by atoms with Crippen LogP contribution in [0.1, 0.15) is 0 Å². The van der Waals surface area contributed by atoms with Crippen molar-refractivity contribution in [3.63, 3.8) is 0 Å². The number of aryl methyl sites for hydroxylation is 1. The molecule has 0 unspecified atom stereocenters. The number of halogens is 1. The van der Waals surface area contributed by atoms with Crippen LogP contribution in [-0.4, -0.2) is 29.3 Å². The van der Waals surface area contributed by atoms with Gasteiger partial charge in [0.2, 0.25) is 0 Å². The number of hydrogen-bond acceptors (Lipinski definition) is 4. The molecule has 0 fully saturated rings. The highest BCUT2D eigenvalue weighted by Gasteiger charge is 2.19. The molecule has 0 saturated heterocycles. The van der Waals surface area contributed by atoms with Crippen LogP contribution in [0.5, 0.6) is 0 Å². The topological polar surface area (TPSA) is 101 Å². The van der Waals surface area contributed by atoms with Gasteiger partial charge in [-0.1, -0.05) is 11.6 Å². The molecular weight excluding hydrogens is 332 g/mol. The van der Waals surface area contributed by atoms with Crippen LogP contribution >= 0.6 is 11.6 Å². The zero-order valence-electron chi connectivity index (χ0n) is 12.4. The van der Waals surface area contributed by atoms with Crippen LogP contribution in [-0.2, 0) is 7.05 Å². The first-order chi connectivity index (χ1) is 11.5. The SMILES string of the molecule is Cn1nccc1-c1nc2[nH]c(=O)[nH]c(=O)c2n1-c1ccc(Cl)cc1. The fraction of sp³-hybridized carbons (Fsp3) is 0.0667. The van der Waals surface area contributed by atoms with E-state index in [1.54, 1.807) is 52.8 Å². The molecule has 0 atom stereocenters. The lowest BCUT2D eigenvalue weighted by molar-refractivity contribution is 0.768. The van der Waals surface area contributed by atoms with Crippen LogP contribution in [0.25, 0.3) is 28.4 Å². The summed E-state index contributed by atoms with van der Waals surface area (Å²) in [6, 6.07) is 8.76. The Balaban J connectivity index is 2.16. The molecule has 1 aromatic carbocycles. The van der Waals surface area contributed by atoms with E-state index >= 15 is 0 Å². The molecule has 0 spiro atoms. The number of hydrogen-bond donors (Lipinski definition) is 2. The van der Waals surface area contributed by atoms with Gasteiger partial charge in [-0.3, -0.25) is 24.0 Å². The van der Waals surface area contributed by atoms with E-state index in [9.17, 15) is 9.59 Å². The molecule has 24 heavy (non-hydrogen) atoms. The minimum Gasteiger partial charge on any atom is -0.290 e. The van der Waals surface area contributed by atoms with Crippen LogP contribution in [0.4, 0.5) is 0 Å². The third kappa shape index (κ3) is 2.16. The summed E-state index contributed by atoms with van der Waals surface area (Å²) < 4.78 is 3.30. The van der Waals surface area contributed by atoms with Gasteiger partial charge in [0, 0.05) is 24.0 Å². The number of aromatic amines is 2. The maximum Gasteiger partial charge on any atom is 0.327 e. The number of nitrogens with zero attached hydrogens (tertiary/aromatic N) is 4. The molecule has 3 aromatic heterocycles. The number of nitrogens with one attached hydrogen (secondary N) is 2. The van der Waals surface area contributed by atoms with Crippen molar-refractivity contribution in [1.29, 1.82) is 0 Å². The summed E-state index contributed by atoms with van der Waals surface area (Å²) in [7, 11) is 1.77. The first kappa shape index (κ1) is 14.5. The Morgan fingerprint density at radius 1 is 1.08 bits per heavy atom. The normalized spacial score (nSPS) is 11.2. The molecule has 0 aliphatic carbocycles. The predicted octanol–water partition coefficient (Wildman–Crippen LogP) is 1.46.